The molecule has 3 aromatic carbocycles. The molecule has 8 heteroatoms. The van der Waals surface area contributed by atoms with E-state index >= 15 is 0 Å². The highest BCUT2D eigenvalue weighted by Crippen LogP contribution is 2.20. The summed E-state index contributed by atoms with van der Waals surface area (Å²) >= 11 is 0. The summed E-state index contributed by atoms with van der Waals surface area (Å²) in [5, 5.41) is 7.41. The lowest BCUT2D eigenvalue weighted by atomic mass is 10.2. The third kappa shape index (κ3) is 4.14. The van der Waals surface area contributed by atoms with Crippen molar-refractivity contribution in [2.45, 2.75) is 13.5 Å². The molecular formula is C25H19N5O3. The van der Waals surface area contributed by atoms with Crippen molar-refractivity contribution < 1.29 is 9.32 Å². The largest absolute Gasteiger partial charge is 0.334 e. The predicted octanol–water partition coefficient (Wildman–Crippen LogP) is 4.06. The number of aryl methyl sites for hydroxylation is 1. The van der Waals surface area contributed by atoms with Crippen LogP contribution in [0.15, 0.2) is 88.2 Å². The second kappa shape index (κ2) is 8.51. The number of nitrogens with one attached hydrogen (secondary N) is 1. The minimum atomic E-state index is -0.187. The van der Waals surface area contributed by atoms with Crippen LogP contribution in [0.3, 0.4) is 0 Å². The topological polar surface area (TPSA) is 103 Å². The van der Waals surface area contributed by atoms with Crippen molar-refractivity contribution in [1.29, 1.82) is 0 Å². The van der Waals surface area contributed by atoms with Crippen LogP contribution in [-0.4, -0.2) is 25.6 Å². The van der Waals surface area contributed by atoms with Crippen molar-refractivity contribution in [2.24, 2.45) is 0 Å². The van der Waals surface area contributed by atoms with E-state index in [0.29, 0.717) is 45.3 Å². The molecule has 1 amide bonds. The van der Waals surface area contributed by atoms with Crippen molar-refractivity contribution in [3.63, 3.8) is 0 Å². The molecule has 0 unspecified atom stereocenters. The molecule has 8 nitrogen and oxygen atoms in total. The fourth-order valence-corrected chi connectivity index (χ4v) is 3.53. The summed E-state index contributed by atoms with van der Waals surface area (Å²) in [7, 11) is 0. The van der Waals surface area contributed by atoms with E-state index in [1.54, 1.807) is 49.4 Å². The molecule has 0 fully saturated rings. The number of anilines is 1. The van der Waals surface area contributed by atoms with Gasteiger partial charge in [-0.1, -0.05) is 35.5 Å². The number of benzene rings is 3. The normalized spacial score (nSPS) is 10.9. The number of hydrogen-bond donors (Lipinski definition) is 1. The van der Waals surface area contributed by atoms with Crippen LogP contribution in [0.5, 0.6) is 0 Å². The molecule has 2 heterocycles. The number of amides is 1. The number of nitrogens with zero attached hydrogens (tertiary/aromatic N) is 4. The molecule has 0 bridgehead atoms. The van der Waals surface area contributed by atoms with E-state index < -0.39 is 0 Å². The lowest BCUT2D eigenvalue weighted by molar-refractivity contribution is 0.102. The van der Waals surface area contributed by atoms with Gasteiger partial charge in [0.25, 0.3) is 17.4 Å². The van der Waals surface area contributed by atoms with E-state index in [1.807, 2.05) is 36.4 Å². The van der Waals surface area contributed by atoms with Crippen LogP contribution < -0.4 is 10.9 Å². The zero-order valence-corrected chi connectivity index (χ0v) is 17.7. The predicted molar refractivity (Wildman–Crippen MR) is 124 cm³/mol. The van der Waals surface area contributed by atoms with Gasteiger partial charge >= 0.3 is 0 Å². The number of aromatic nitrogens is 4. The molecule has 162 valence electrons. The van der Waals surface area contributed by atoms with Crippen molar-refractivity contribution in [2.75, 3.05) is 5.32 Å². The Balaban J connectivity index is 1.34. The molecule has 0 aliphatic rings. The highest BCUT2D eigenvalue weighted by atomic mass is 16.5. The average molecular weight is 437 g/mol. The Bertz CT molecular complexity index is 1510. The third-order valence-electron chi connectivity index (χ3n) is 5.25. The average Bonchev–Trinajstić information content (AvgIpc) is 3.31. The third-order valence-corrected chi connectivity index (χ3v) is 5.25. The van der Waals surface area contributed by atoms with E-state index in [9.17, 15) is 9.59 Å². The summed E-state index contributed by atoms with van der Waals surface area (Å²) in [4.78, 5) is 34.1. The summed E-state index contributed by atoms with van der Waals surface area (Å²) in [6.07, 6.45) is 0. The monoisotopic (exact) mass is 437 g/mol. The van der Waals surface area contributed by atoms with E-state index in [4.69, 9.17) is 4.52 Å². The van der Waals surface area contributed by atoms with Gasteiger partial charge in [-0.2, -0.15) is 4.98 Å². The van der Waals surface area contributed by atoms with Crippen LogP contribution >= 0.6 is 0 Å². The van der Waals surface area contributed by atoms with Gasteiger partial charge in [-0.05, 0) is 55.5 Å². The van der Waals surface area contributed by atoms with Gasteiger partial charge in [0.1, 0.15) is 5.82 Å². The van der Waals surface area contributed by atoms with Crippen molar-refractivity contribution in [1.82, 2.24) is 19.7 Å². The first-order valence-corrected chi connectivity index (χ1v) is 10.3. The summed E-state index contributed by atoms with van der Waals surface area (Å²) in [5.74, 6) is 1.08. The zero-order valence-electron chi connectivity index (χ0n) is 17.7. The summed E-state index contributed by atoms with van der Waals surface area (Å²) in [5.41, 5.74) is 2.44. The fourth-order valence-electron chi connectivity index (χ4n) is 3.53. The Morgan fingerprint density at radius 2 is 1.67 bits per heavy atom. The van der Waals surface area contributed by atoms with Crippen LogP contribution in [0.2, 0.25) is 0 Å². The molecule has 1 N–H and O–H groups in total. The maximum atomic E-state index is 12.9. The van der Waals surface area contributed by atoms with Crippen molar-refractivity contribution in [3.05, 3.63) is 106 Å². The van der Waals surface area contributed by atoms with Gasteiger partial charge in [-0.25, -0.2) is 4.98 Å². The van der Waals surface area contributed by atoms with E-state index in [-0.39, 0.29) is 18.0 Å². The van der Waals surface area contributed by atoms with Gasteiger partial charge < -0.3 is 9.84 Å². The van der Waals surface area contributed by atoms with E-state index in [2.05, 4.69) is 20.4 Å². The van der Waals surface area contributed by atoms with Crippen LogP contribution in [0.4, 0.5) is 5.69 Å². The van der Waals surface area contributed by atoms with Gasteiger partial charge in [0, 0.05) is 16.8 Å². The Kier molecular flexibility index (Phi) is 5.24. The molecule has 0 radical (unpaired) electrons. The standard InChI is InChI=1S/C25H19N5O3/c1-16-26-21-10-6-5-9-20(21)25(32)30(16)15-22-28-24(33-29-22)18-11-13-19(14-12-18)27-23(31)17-7-3-2-4-8-17/h2-14H,15H2,1H3,(H,27,31). The van der Waals surface area contributed by atoms with Crippen LogP contribution in [0, 0.1) is 6.92 Å². The lowest BCUT2D eigenvalue weighted by Gasteiger charge is -2.08. The zero-order chi connectivity index (χ0) is 22.8. The number of carbonyl (C=O) groups excluding carboxylic acids is 1. The second-order valence-corrected chi connectivity index (χ2v) is 7.48. The summed E-state index contributed by atoms with van der Waals surface area (Å²) in [6, 6.07) is 23.3. The molecule has 5 rings (SSSR count). The number of para-hydroxylation sites is 1. The van der Waals surface area contributed by atoms with Gasteiger partial charge in [-0.3, -0.25) is 14.2 Å². The highest BCUT2D eigenvalue weighted by molar-refractivity contribution is 6.04. The van der Waals surface area contributed by atoms with Crippen LogP contribution in [0.25, 0.3) is 22.4 Å². The number of hydrogen-bond acceptors (Lipinski definition) is 6. The summed E-state index contributed by atoms with van der Waals surface area (Å²) < 4.78 is 6.92. The first kappa shape index (κ1) is 20.3. The van der Waals surface area contributed by atoms with Crippen molar-refractivity contribution >= 4 is 22.5 Å². The number of carbonyl (C=O) groups is 1. The van der Waals surface area contributed by atoms with Gasteiger partial charge in [-0.15, -0.1) is 0 Å². The molecule has 2 aromatic heterocycles. The van der Waals surface area contributed by atoms with E-state index in [0.717, 1.165) is 0 Å². The molecule has 5 aromatic rings. The molecule has 0 spiro atoms. The Morgan fingerprint density at radius 3 is 2.45 bits per heavy atom. The Hall–Kier alpha value is -4.59. The van der Waals surface area contributed by atoms with Crippen molar-refractivity contribution in [3.8, 4) is 11.5 Å². The summed E-state index contributed by atoms with van der Waals surface area (Å²) in [6.45, 7) is 1.93. The number of fused-ring (bicyclic) bond motifs is 1. The molecule has 0 saturated heterocycles. The first-order chi connectivity index (χ1) is 16.1. The molecule has 0 saturated carbocycles. The smallest absolute Gasteiger partial charge is 0.261 e. The minimum Gasteiger partial charge on any atom is -0.334 e. The lowest BCUT2D eigenvalue weighted by Crippen LogP contribution is -2.24. The van der Waals surface area contributed by atoms with Crippen LogP contribution in [-0.2, 0) is 6.54 Å². The maximum Gasteiger partial charge on any atom is 0.261 e. The number of rotatable bonds is 5. The van der Waals surface area contributed by atoms with Gasteiger partial charge in [0.05, 0.1) is 17.4 Å². The molecular weight excluding hydrogens is 418 g/mol. The second-order valence-electron chi connectivity index (χ2n) is 7.48. The molecule has 0 aliphatic heterocycles. The quantitative estimate of drug-likeness (QED) is 0.445. The maximum absolute atomic E-state index is 12.9. The molecule has 33 heavy (non-hydrogen) atoms. The van der Waals surface area contributed by atoms with Gasteiger partial charge in [0.2, 0.25) is 0 Å². The van der Waals surface area contributed by atoms with Gasteiger partial charge in [0.15, 0.2) is 5.82 Å². The minimum absolute atomic E-state index is 0.150. The first-order valence-electron chi connectivity index (χ1n) is 10.3. The Morgan fingerprint density at radius 1 is 0.939 bits per heavy atom. The van der Waals surface area contributed by atoms with Crippen LogP contribution in [0.1, 0.15) is 22.0 Å². The SMILES string of the molecule is Cc1nc2ccccc2c(=O)n1Cc1noc(-c2ccc(NC(=O)c3ccccc3)cc2)n1. The Labute approximate surface area is 188 Å². The highest BCUT2D eigenvalue weighted by Gasteiger charge is 2.14. The van der Waals surface area contributed by atoms with E-state index in [1.165, 1.54) is 4.57 Å². The molecule has 0 atom stereocenters. The molecule has 0 aliphatic carbocycles. The fraction of sp³-hybridized carbons (Fsp3) is 0.0800.